The summed E-state index contributed by atoms with van der Waals surface area (Å²) in [6, 6.07) is 1.13. The second kappa shape index (κ2) is 6.29. The Morgan fingerprint density at radius 3 is 2.35 bits per heavy atom. The minimum Gasteiger partial charge on any atom is -0.359 e. The van der Waals surface area contributed by atoms with Gasteiger partial charge in [0, 0.05) is 22.5 Å². The number of nitrogens with one attached hydrogen (secondary N) is 1. The maximum absolute atomic E-state index is 13.8. The molecule has 0 aliphatic rings. The number of hydrogen-bond acceptors (Lipinski definition) is 1. The van der Waals surface area contributed by atoms with E-state index in [1.807, 2.05) is 0 Å². The molecule has 0 aliphatic carbocycles. The molecular weight excluding hydrogens is 270 g/mol. The number of rotatable bonds is 5. The van der Waals surface area contributed by atoms with Crippen molar-refractivity contribution < 1.29 is 17.6 Å². The minimum atomic E-state index is -2.89. The number of benzene rings is 1. The summed E-state index contributed by atoms with van der Waals surface area (Å²) in [4.78, 5) is 0. The molecule has 20 heavy (non-hydrogen) atoms. The summed E-state index contributed by atoms with van der Waals surface area (Å²) in [5.41, 5.74) is 0.570. The molecule has 1 N–H and O–H groups in total. The molecule has 0 bridgehead atoms. The van der Waals surface area contributed by atoms with E-state index in [2.05, 4.69) is 5.32 Å². The van der Waals surface area contributed by atoms with Crippen LogP contribution >= 0.6 is 0 Å². The normalized spacial score (nSPS) is 12.7. The van der Waals surface area contributed by atoms with Crippen molar-refractivity contribution in [3.63, 3.8) is 0 Å². The smallest absolute Gasteiger partial charge is 0.250 e. The van der Waals surface area contributed by atoms with Crippen molar-refractivity contribution in [2.24, 2.45) is 0 Å². The van der Waals surface area contributed by atoms with Gasteiger partial charge in [-0.3, -0.25) is 0 Å². The van der Waals surface area contributed by atoms with E-state index in [-0.39, 0.29) is 22.5 Å². The molecule has 0 atom stereocenters. The van der Waals surface area contributed by atoms with Crippen LogP contribution in [0.1, 0.15) is 37.8 Å². The van der Waals surface area contributed by atoms with Gasteiger partial charge in [-0.25, -0.2) is 17.6 Å². The molecule has 1 nitrogen and oxygen atoms in total. The van der Waals surface area contributed by atoms with Crippen LogP contribution in [-0.4, -0.2) is 5.92 Å². The zero-order valence-corrected chi connectivity index (χ0v) is 12.1. The van der Waals surface area contributed by atoms with Gasteiger partial charge < -0.3 is 5.32 Å². The molecule has 0 saturated carbocycles. The van der Waals surface area contributed by atoms with Crippen molar-refractivity contribution >= 4 is 5.69 Å². The first-order valence-corrected chi connectivity index (χ1v) is 6.44. The molecule has 0 aromatic heterocycles. The predicted octanol–water partition coefficient (Wildman–Crippen LogP) is 5.33. The lowest BCUT2D eigenvalue weighted by Crippen LogP contribution is -2.15. The van der Waals surface area contributed by atoms with Gasteiger partial charge in [0.25, 0.3) is 5.92 Å². The van der Waals surface area contributed by atoms with Crippen LogP contribution in [0.4, 0.5) is 23.2 Å². The maximum atomic E-state index is 13.8. The molecule has 0 fully saturated rings. The van der Waals surface area contributed by atoms with E-state index < -0.39 is 24.0 Å². The molecule has 5 heteroatoms. The van der Waals surface area contributed by atoms with Crippen LogP contribution in [0.2, 0.25) is 0 Å². The van der Waals surface area contributed by atoms with Gasteiger partial charge in [0.1, 0.15) is 11.6 Å². The third-order valence-electron chi connectivity index (χ3n) is 2.94. The second-order valence-corrected chi connectivity index (χ2v) is 4.98. The fraction of sp³-hybridized carbons (Fsp3) is 0.467. The standard InChI is InChI=1S/C15H19F4N/c1-5-6-11(8-15(4,18)19)20-13-7-12(16)9(2)14(17)10(13)3/h6-7,20H,5,8H2,1-4H3/b11-6+. The summed E-state index contributed by atoms with van der Waals surface area (Å²) >= 11 is 0. The largest absolute Gasteiger partial charge is 0.359 e. The van der Waals surface area contributed by atoms with Crippen LogP contribution in [-0.2, 0) is 0 Å². The fourth-order valence-electron chi connectivity index (χ4n) is 1.90. The van der Waals surface area contributed by atoms with Crippen molar-refractivity contribution in [1.29, 1.82) is 0 Å². The maximum Gasteiger partial charge on any atom is 0.250 e. The fourth-order valence-corrected chi connectivity index (χ4v) is 1.90. The molecule has 0 spiro atoms. The molecule has 0 unspecified atom stereocenters. The molecule has 0 saturated heterocycles. The lowest BCUT2D eigenvalue weighted by Gasteiger charge is -2.18. The molecule has 112 valence electrons. The van der Waals surface area contributed by atoms with Gasteiger partial charge in [0.2, 0.25) is 0 Å². The average Bonchev–Trinajstić information content (AvgIpc) is 2.31. The van der Waals surface area contributed by atoms with Gasteiger partial charge in [-0.1, -0.05) is 13.0 Å². The van der Waals surface area contributed by atoms with E-state index in [1.54, 1.807) is 13.0 Å². The topological polar surface area (TPSA) is 12.0 Å². The molecule has 1 aromatic carbocycles. The Morgan fingerprint density at radius 2 is 1.85 bits per heavy atom. The highest BCUT2D eigenvalue weighted by Crippen LogP contribution is 2.28. The number of anilines is 1. The van der Waals surface area contributed by atoms with E-state index in [4.69, 9.17) is 0 Å². The van der Waals surface area contributed by atoms with Crippen LogP contribution in [0.5, 0.6) is 0 Å². The summed E-state index contributed by atoms with van der Waals surface area (Å²) in [6.07, 6.45) is 1.64. The van der Waals surface area contributed by atoms with Gasteiger partial charge in [-0.2, -0.15) is 0 Å². The van der Waals surface area contributed by atoms with E-state index >= 15 is 0 Å². The summed E-state index contributed by atoms with van der Waals surface area (Å²) in [7, 11) is 0. The van der Waals surface area contributed by atoms with Gasteiger partial charge in [-0.15, -0.1) is 0 Å². The monoisotopic (exact) mass is 289 g/mol. The van der Waals surface area contributed by atoms with Gasteiger partial charge in [-0.05, 0) is 33.3 Å². The molecule has 0 amide bonds. The number of alkyl halides is 2. The van der Waals surface area contributed by atoms with Crippen molar-refractivity contribution in [2.75, 3.05) is 5.32 Å². The Morgan fingerprint density at radius 1 is 1.25 bits per heavy atom. The summed E-state index contributed by atoms with van der Waals surface area (Å²) < 4.78 is 53.5. The van der Waals surface area contributed by atoms with Crippen molar-refractivity contribution in [3.8, 4) is 0 Å². The summed E-state index contributed by atoms with van der Waals surface area (Å²) in [5.74, 6) is -4.25. The molecule has 0 aliphatic heterocycles. The van der Waals surface area contributed by atoms with Crippen molar-refractivity contribution in [3.05, 3.63) is 40.6 Å². The zero-order valence-electron chi connectivity index (χ0n) is 12.1. The minimum absolute atomic E-state index is 0.0742. The highest BCUT2D eigenvalue weighted by atomic mass is 19.3. The number of allylic oxidation sites excluding steroid dienone is 2. The number of hydrogen-bond donors (Lipinski definition) is 1. The highest BCUT2D eigenvalue weighted by Gasteiger charge is 2.23. The average molecular weight is 289 g/mol. The lowest BCUT2D eigenvalue weighted by molar-refractivity contribution is 0.0229. The van der Waals surface area contributed by atoms with Crippen LogP contribution in [0.3, 0.4) is 0 Å². The van der Waals surface area contributed by atoms with Gasteiger partial charge in [0.05, 0.1) is 6.42 Å². The number of halogens is 4. The first-order valence-electron chi connectivity index (χ1n) is 6.44. The molecule has 0 heterocycles. The summed E-state index contributed by atoms with van der Waals surface area (Å²) in [6.45, 7) is 5.43. The third-order valence-corrected chi connectivity index (χ3v) is 2.94. The Bertz CT molecular complexity index is 516. The summed E-state index contributed by atoms with van der Waals surface area (Å²) in [5, 5.41) is 2.71. The van der Waals surface area contributed by atoms with Gasteiger partial charge in [0.15, 0.2) is 0 Å². The predicted molar refractivity (Wildman–Crippen MR) is 73.1 cm³/mol. The Kier molecular flexibility index (Phi) is 5.20. The van der Waals surface area contributed by atoms with Crippen LogP contribution in [0.15, 0.2) is 17.8 Å². The van der Waals surface area contributed by atoms with Gasteiger partial charge >= 0.3 is 0 Å². The van der Waals surface area contributed by atoms with E-state index in [0.717, 1.165) is 13.0 Å². The Labute approximate surface area is 116 Å². The Hall–Kier alpha value is -1.52. The van der Waals surface area contributed by atoms with E-state index in [1.165, 1.54) is 13.8 Å². The molecule has 1 rings (SSSR count). The van der Waals surface area contributed by atoms with E-state index in [0.29, 0.717) is 6.42 Å². The van der Waals surface area contributed by atoms with E-state index in [9.17, 15) is 17.6 Å². The van der Waals surface area contributed by atoms with Crippen molar-refractivity contribution in [2.45, 2.75) is 46.5 Å². The molecular formula is C15H19F4N. The van der Waals surface area contributed by atoms with Crippen LogP contribution in [0, 0.1) is 25.5 Å². The van der Waals surface area contributed by atoms with Crippen LogP contribution in [0.25, 0.3) is 0 Å². The van der Waals surface area contributed by atoms with Crippen molar-refractivity contribution in [1.82, 2.24) is 0 Å². The lowest BCUT2D eigenvalue weighted by atomic mass is 10.1. The molecule has 0 radical (unpaired) electrons. The highest BCUT2D eigenvalue weighted by molar-refractivity contribution is 5.56. The molecule has 1 aromatic rings. The second-order valence-electron chi connectivity index (χ2n) is 4.98. The quantitative estimate of drug-likeness (QED) is 0.722. The van der Waals surface area contributed by atoms with Crippen LogP contribution < -0.4 is 5.32 Å². The SMILES string of the molecule is CC/C=C(\CC(C)(F)F)Nc1cc(F)c(C)c(F)c1C. The Balaban J connectivity index is 3.10. The first kappa shape index (κ1) is 16.5. The zero-order chi connectivity index (χ0) is 15.5. The first-order chi connectivity index (χ1) is 9.15. The third kappa shape index (κ3) is 4.25.